The molecule has 1 saturated heterocycles. The van der Waals surface area contributed by atoms with Gasteiger partial charge in [-0.1, -0.05) is 0 Å². The number of amides is 2. The third-order valence-corrected chi connectivity index (χ3v) is 3.52. The molecule has 2 amide bonds. The molecule has 1 aromatic rings. The van der Waals surface area contributed by atoms with Crippen LogP contribution in [0.5, 0.6) is 0 Å². The summed E-state index contributed by atoms with van der Waals surface area (Å²) in [5.41, 5.74) is 2.58. The van der Waals surface area contributed by atoms with Crippen molar-refractivity contribution >= 4 is 23.7 Å². The van der Waals surface area contributed by atoms with Crippen LogP contribution < -0.4 is 5.32 Å². The van der Waals surface area contributed by atoms with Gasteiger partial charge in [0.25, 0.3) is 0 Å². The van der Waals surface area contributed by atoms with Crippen molar-refractivity contribution in [3.63, 3.8) is 0 Å². The van der Waals surface area contributed by atoms with Crippen molar-refractivity contribution in [1.29, 1.82) is 0 Å². The number of hydrogen-bond acceptors (Lipinski definition) is 4. The van der Waals surface area contributed by atoms with Gasteiger partial charge in [0, 0.05) is 24.9 Å². The molecule has 1 atom stereocenters. The van der Waals surface area contributed by atoms with Crippen LogP contribution in [-0.2, 0) is 16.0 Å². The Kier molecular flexibility index (Phi) is 4.08. The number of carbonyl (C=O) groups excluding carboxylic acids is 2. The summed E-state index contributed by atoms with van der Waals surface area (Å²) < 4.78 is 0. The van der Waals surface area contributed by atoms with Gasteiger partial charge in [0.2, 0.25) is 12.3 Å². The van der Waals surface area contributed by atoms with Gasteiger partial charge in [0.05, 0.1) is 11.2 Å². The number of nitrogens with zero attached hydrogens (tertiary/aromatic N) is 2. The minimum atomic E-state index is -0.479. The number of nitrogens with one attached hydrogen (secondary N) is 1. The molecular weight excluding hydrogens is 238 g/mol. The lowest BCUT2D eigenvalue weighted by Gasteiger charge is -2.22. The summed E-state index contributed by atoms with van der Waals surface area (Å²) in [6.45, 7) is 1.60. The first-order valence-electron chi connectivity index (χ1n) is 5.67. The smallest absolute Gasteiger partial charge is 0.245 e. The molecule has 1 aromatic heterocycles. The zero-order chi connectivity index (χ0) is 12.1. The lowest BCUT2D eigenvalue weighted by atomic mass is 10.1. The van der Waals surface area contributed by atoms with E-state index in [-0.39, 0.29) is 5.91 Å². The predicted molar refractivity (Wildman–Crippen MR) is 64.6 cm³/mol. The Bertz CT molecular complexity index is 374. The Balaban J connectivity index is 2.00. The lowest BCUT2D eigenvalue weighted by Crippen LogP contribution is -2.46. The quantitative estimate of drug-likeness (QED) is 0.774. The summed E-state index contributed by atoms with van der Waals surface area (Å²) in [6, 6.07) is -0.479. The minimum Gasteiger partial charge on any atom is -0.347 e. The highest BCUT2D eigenvalue weighted by atomic mass is 32.1. The standard InChI is InChI=1S/C11H15N3O2S/c15-7-12-10(5-9-6-17-8-13-9)11(16)14-3-1-2-4-14/h6-8,10H,1-5H2,(H,12,15). The number of likely N-dealkylation sites (tertiary alicyclic amines) is 1. The normalized spacial score (nSPS) is 16.8. The van der Waals surface area contributed by atoms with Gasteiger partial charge in [0.15, 0.2) is 0 Å². The summed E-state index contributed by atoms with van der Waals surface area (Å²) in [4.78, 5) is 28.7. The van der Waals surface area contributed by atoms with E-state index in [0.717, 1.165) is 31.6 Å². The van der Waals surface area contributed by atoms with E-state index in [0.29, 0.717) is 12.8 Å². The number of thiazole rings is 1. The van der Waals surface area contributed by atoms with E-state index in [1.54, 1.807) is 5.51 Å². The van der Waals surface area contributed by atoms with Crippen LogP contribution in [0.1, 0.15) is 18.5 Å². The van der Waals surface area contributed by atoms with Crippen molar-refractivity contribution in [3.8, 4) is 0 Å². The van der Waals surface area contributed by atoms with Crippen LogP contribution in [0, 0.1) is 0 Å². The molecule has 1 aliphatic heterocycles. The maximum Gasteiger partial charge on any atom is 0.245 e. The van der Waals surface area contributed by atoms with E-state index < -0.39 is 6.04 Å². The van der Waals surface area contributed by atoms with Crippen LogP contribution in [0.15, 0.2) is 10.9 Å². The summed E-state index contributed by atoms with van der Waals surface area (Å²) in [5.74, 6) is 0.00241. The number of rotatable bonds is 5. The fraction of sp³-hybridized carbons (Fsp3) is 0.545. The minimum absolute atomic E-state index is 0.00241. The van der Waals surface area contributed by atoms with Crippen LogP contribution in [-0.4, -0.2) is 41.3 Å². The maximum absolute atomic E-state index is 12.1. The predicted octanol–water partition coefficient (Wildman–Crippen LogP) is 0.423. The first-order chi connectivity index (χ1) is 8.31. The molecule has 1 unspecified atom stereocenters. The number of aromatic nitrogens is 1. The van der Waals surface area contributed by atoms with E-state index in [2.05, 4.69) is 10.3 Å². The number of hydrogen-bond donors (Lipinski definition) is 1. The van der Waals surface area contributed by atoms with Crippen LogP contribution in [0.3, 0.4) is 0 Å². The third kappa shape index (κ3) is 3.03. The Labute approximate surface area is 104 Å². The summed E-state index contributed by atoms with van der Waals surface area (Å²) in [7, 11) is 0. The van der Waals surface area contributed by atoms with Crippen LogP contribution >= 0.6 is 11.3 Å². The molecule has 6 heteroatoms. The van der Waals surface area contributed by atoms with Crippen molar-refractivity contribution in [1.82, 2.24) is 15.2 Å². The van der Waals surface area contributed by atoms with E-state index in [1.807, 2.05) is 10.3 Å². The Morgan fingerprint density at radius 2 is 2.35 bits per heavy atom. The molecule has 0 bridgehead atoms. The molecule has 2 heterocycles. The van der Waals surface area contributed by atoms with Crippen LogP contribution in [0.2, 0.25) is 0 Å². The Morgan fingerprint density at radius 3 is 2.94 bits per heavy atom. The van der Waals surface area contributed by atoms with Crippen molar-refractivity contribution < 1.29 is 9.59 Å². The second-order valence-corrected chi connectivity index (χ2v) is 4.77. The lowest BCUT2D eigenvalue weighted by molar-refractivity contribution is -0.133. The van der Waals surface area contributed by atoms with Crippen molar-refractivity contribution in [2.24, 2.45) is 0 Å². The first-order valence-corrected chi connectivity index (χ1v) is 6.61. The third-order valence-electron chi connectivity index (χ3n) is 2.88. The molecular formula is C11H15N3O2S. The zero-order valence-electron chi connectivity index (χ0n) is 9.46. The molecule has 1 fully saturated rings. The van der Waals surface area contributed by atoms with Gasteiger partial charge in [-0.2, -0.15) is 0 Å². The number of carbonyl (C=O) groups is 2. The highest BCUT2D eigenvalue weighted by Crippen LogP contribution is 2.12. The SMILES string of the molecule is O=CNC(Cc1cscn1)C(=O)N1CCCC1. The van der Waals surface area contributed by atoms with E-state index in [4.69, 9.17) is 0 Å². The summed E-state index contributed by atoms with van der Waals surface area (Å²) in [5, 5.41) is 4.49. The highest BCUT2D eigenvalue weighted by Gasteiger charge is 2.26. The zero-order valence-corrected chi connectivity index (χ0v) is 10.3. The molecule has 0 spiro atoms. The van der Waals surface area contributed by atoms with Gasteiger partial charge in [-0.15, -0.1) is 11.3 Å². The van der Waals surface area contributed by atoms with Crippen LogP contribution in [0.4, 0.5) is 0 Å². The second kappa shape index (κ2) is 5.77. The molecule has 0 aliphatic carbocycles. The maximum atomic E-state index is 12.1. The molecule has 0 saturated carbocycles. The fourth-order valence-corrected chi connectivity index (χ4v) is 2.58. The topological polar surface area (TPSA) is 62.3 Å². The van der Waals surface area contributed by atoms with Crippen molar-refractivity contribution in [3.05, 3.63) is 16.6 Å². The summed E-state index contributed by atoms with van der Waals surface area (Å²) in [6.07, 6.45) is 3.16. The molecule has 2 rings (SSSR count). The fourth-order valence-electron chi connectivity index (χ4n) is 2.01. The Morgan fingerprint density at radius 1 is 1.59 bits per heavy atom. The molecule has 0 aromatic carbocycles. The molecule has 1 N–H and O–H groups in total. The van der Waals surface area contributed by atoms with Gasteiger partial charge in [0.1, 0.15) is 6.04 Å². The average molecular weight is 253 g/mol. The highest BCUT2D eigenvalue weighted by molar-refractivity contribution is 7.07. The van der Waals surface area contributed by atoms with Gasteiger partial charge in [-0.05, 0) is 12.8 Å². The second-order valence-electron chi connectivity index (χ2n) is 4.05. The van der Waals surface area contributed by atoms with Crippen molar-refractivity contribution in [2.45, 2.75) is 25.3 Å². The van der Waals surface area contributed by atoms with Crippen molar-refractivity contribution in [2.75, 3.05) is 13.1 Å². The molecule has 1 aliphatic rings. The van der Waals surface area contributed by atoms with Gasteiger partial charge in [-0.25, -0.2) is 4.98 Å². The van der Waals surface area contributed by atoms with Gasteiger partial charge in [-0.3, -0.25) is 9.59 Å². The average Bonchev–Trinajstić information content (AvgIpc) is 3.00. The molecule has 5 nitrogen and oxygen atoms in total. The summed E-state index contributed by atoms with van der Waals surface area (Å²) >= 11 is 1.49. The molecule has 17 heavy (non-hydrogen) atoms. The monoisotopic (exact) mass is 253 g/mol. The van der Waals surface area contributed by atoms with E-state index in [1.165, 1.54) is 11.3 Å². The van der Waals surface area contributed by atoms with E-state index in [9.17, 15) is 9.59 Å². The first kappa shape index (κ1) is 12.0. The molecule has 92 valence electrons. The van der Waals surface area contributed by atoms with E-state index >= 15 is 0 Å². The molecule has 0 radical (unpaired) electrons. The Hall–Kier alpha value is -1.43. The van der Waals surface area contributed by atoms with Gasteiger partial charge >= 0.3 is 0 Å². The van der Waals surface area contributed by atoms with Gasteiger partial charge < -0.3 is 10.2 Å². The van der Waals surface area contributed by atoms with Crippen LogP contribution in [0.25, 0.3) is 0 Å². The largest absolute Gasteiger partial charge is 0.347 e.